The number of carbonyl (C=O) groups is 8. The maximum absolute atomic E-state index is 14.5. The molecule has 144 heavy (non-hydrogen) atoms. The Balaban J connectivity index is 0.000000182. The molecule has 0 aliphatic carbocycles. The van der Waals surface area contributed by atoms with E-state index in [1.54, 1.807) is 85.8 Å². The molecule has 0 atom stereocenters. The molecule has 6 aliphatic heterocycles. The Morgan fingerprint density at radius 1 is 0.410 bits per heavy atom. The monoisotopic (exact) mass is 1980 g/mol. The number of piperazine rings is 4. The molecule has 0 saturated carbocycles. The number of methoxy groups -OCH3 is 2. The van der Waals surface area contributed by atoms with Crippen molar-refractivity contribution in [1.82, 2.24) is 19.6 Å². The van der Waals surface area contributed by atoms with Gasteiger partial charge in [0.2, 0.25) is 5.91 Å². The van der Waals surface area contributed by atoms with E-state index in [4.69, 9.17) is 38.7 Å². The van der Waals surface area contributed by atoms with E-state index in [0.717, 1.165) is 159 Å². The zero-order chi connectivity index (χ0) is 103. The molecule has 6 saturated heterocycles. The summed E-state index contributed by atoms with van der Waals surface area (Å²) in [4.78, 5) is 112. The number of nitrogens with one attached hydrogen (secondary N) is 6. The number of ether oxygens (including phenoxy) is 4. The van der Waals surface area contributed by atoms with Crippen LogP contribution in [0.5, 0.6) is 23.0 Å². The molecule has 10 aromatic rings. The number of nitrogens with zero attached hydrogens (tertiary/aromatic N) is 9. The minimum absolute atomic E-state index is 0.0791. The lowest BCUT2D eigenvalue weighted by Gasteiger charge is -2.35. The molecule has 6 heterocycles. The largest absolute Gasteiger partial charge is 0.554 e. The average molecular weight is 1980 g/mol. The molecule has 0 spiro atoms. The summed E-state index contributed by atoms with van der Waals surface area (Å²) in [5.41, 5.74) is 13.9. The van der Waals surface area contributed by atoms with Crippen molar-refractivity contribution in [3.8, 4) is 23.0 Å². The molecule has 10 aromatic carbocycles. The quantitative estimate of drug-likeness (QED) is 0.0214. The topological polar surface area (TPSA) is 394 Å². The molecule has 6 fully saturated rings. The summed E-state index contributed by atoms with van der Waals surface area (Å²) < 4.78 is 36.2. The molecule has 0 unspecified atom stereocenters. The van der Waals surface area contributed by atoms with E-state index < -0.39 is 18.8 Å². The van der Waals surface area contributed by atoms with E-state index >= 15 is 0 Å². The van der Waals surface area contributed by atoms with Gasteiger partial charge < -0.3 is 135 Å². The minimum atomic E-state index is -0.500. The number of rotatable bonds is 27. The summed E-state index contributed by atoms with van der Waals surface area (Å²) in [7, 11) is 9.41. The van der Waals surface area contributed by atoms with Crippen LogP contribution >= 0.6 is 0 Å². The second kappa shape index (κ2) is 58.4. The van der Waals surface area contributed by atoms with Crippen molar-refractivity contribution in [3.63, 3.8) is 0 Å². The van der Waals surface area contributed by atoms with Crippen LogP contribution in [-0.4, -0.2) is 274 Å². The first kappa shape index (κ1) is 112. The van der Waals surface area contributed by atoms with E-state index in [-0.39, 0.29) is 79.3 Å². The lowest BCUT2D eigenvalue weighted by Crippen LogP contribution is -3.13. The molecule has 33 nitrogen and oxygen atoms in total. The highest BCUT2D eigenvalue weighted by Gasteiger charge is 2.25. The maximum atomic E-state index is 14.5. The van der Waals surface area contributed by atoms with Crippen LogP contribution < -0.4 is 85.1 Å². The molecule has 770 valence electrons. The van der Waals surface area contributed by atoms with E-state index in [0.29, 0.717) is 79.7 Å². The number of carboxylic acid groups (broad SMARTS) is 2. The lowest BCUT2D eigenvalue weighted by molar-refractivity contribution is -0.904. The van der Waals surface area contributed by atoms with Crippen LogP contribution in [0.2, 0.25) is 0 Å². The fraction of sp³-hybridized carbons (Fsp3) is 0.382. The number of piperidine rings is 2. The average Bonchev–Trinajstić information content (AvgIpc) is 0.802. The Kier molecular flexibility index (Phi) is 45.3. The number of halogens is 1. The van der Waals surface area contributed by atoms with Gasteiger partial charge in [-0.3, -0.25) is 28.8 Å². The molecular weight excluding hydrogens is 1840 g/mol. The Morgan fingerprint density at radius 2 is 0.778 bits per heavy atom. The Bertz CT molecular complexity index is 5640. The number of hydrogen-bond donors (Lipinski definition) is 10. The van der Waals surface area contributed by atoms with Gasteiger partial charge in [0.1, 0.15) is 30.4 Å². The lowest BCUT2D eigenvalue weighted by atomic mass is 9.99. The van der Waals surface area contributed by atoms with Crippen molar-refractivity contribution in [3.05, 3.63) is 274 Å². The third-order valence-corrected chi connectivity index (χ3v) is 25.5. The highest BCUT2D eigenvalue weighted by Crippen LogP contribution is 2.32. The Labute approximate surface area is 843 Å². The molecular formula is C110H139FN15O18-. The van der Waals surface area contributed by atoms with Gasteiger partial charge in [0.05, 0.1) is 59.8 Å². The van der Waals surface area contributed by atoms with Crippen molar-refractivity contribution in [2.24, 2.45) is 5.92 Å². The number of hydrogen-bond acceptors (Lipinski definition) is 26. The molecule has 6 aliphatic rings. The van der Waals surface area contributed by atoms with Crippen molar-refractivity contribution >= 4 is 105 Å². The highest BCUT2D eigenvalue weighted by atomic mass is 19.1. The SMILES string of the molecule is CC(=O)N1CCN(c2ccc(NC(=O)c3cccc(CO)c3)cc2)CC1.CC(C)Oc1cccc(C(=O)Nc2ccc(N3CCN(C)CC3)cc2)c1.CC1CCN(c2ccc(NC(=O)c3ccc(OCC[NH+]4CCCCC4)c(F)c3)cc2)CC1.COc1cc(C(=O)Nc2ccc(N3CCN(C)CC3)cc2)cc(CO)c1CO.COc1cc(CO)cc(C(=O)Nc2ccc(N3CCN(C)CC3)cc2)c1.O=C[O-].O=C[O-]. The van der Waals surface area contributed by atoms with Gasteiger partial charge in [-0.15, -0.1) is 0 Å². The smallest absolute Gasteiger partial charge is 0.255 e. The summed E-state index contributed by atoms with van der Waals surface area (Å²) in [6.07, 6.45) is 6.33. The number of likely N-dealkylation sites (tertiary alicyclic amines) is 1. The van der Waals surface area contributed by atoms with Gasteiger partial charge in [-0.05, 0) is 290 Å². The standard InChI is InChI=1S/C26H34FN3O2.C21H27N3O4.C21H27N3O2.C20H25N3O3.C20H23N3O3.2CH2O2/c1-20-11-15-30(16-12-20)23-8-6-22(7-9-23)28-26(31)21-5-10-25(24(27)19-21)32-18-17-29-13-3-2-4-14-29;1-23-7-9-24(10-8-23)18-5-3-17(4-6-18)22-21(27)15-11-16(13-25)19(14-26)20(12-15)28-2;1-16(2)26-20-6-4-5-17(15-20)21(25)22-18-7-9-19(10-8-18)24-13-11-23(3)12-14-24;1-22-7-9-23(10-8-22)18-5-3-17(4-6-18)21-20(25)16-11-15(14-24)12-19(13-16)26-2;1-15(25)22-9-11-23(12-10-22)19-7-5-18(6-8-19)21-20(26)17-4-2-3-16(13-17)14-24;2*2-1-3/h5-10,19-20H,2-4,11-18H2,1H3,(H,28,31);3-6,11-12,25-26H,7-10,13-14H2,1-2H3,(H,22,27);4-10,15-16H,11-14H2,1-3H3,(H,22,25);3-6,11-13,24H,7-10,14H2,1-2H3,(H,21,25);2-8,13,24H,9-12,14H2,1H3,(H,21,26);2*1H,(H,2,3)/p-1. The summed E-state index contributed by atoms with van der Waals surface area (Å²) in [5.74, 6) is 1.05. The number of anilines is 10. The third-order valence-electron chi connectivity index (χ3n) is 25.5. The number of benzene rings is 10. The van der Waals surface area contributed by atoms with Gasteiger partial charge in [-0.2, -0.15) is 0 Å². The number of quaternary nitrogens is 1. The Hall–Kier alpha value is -14.2. The second-order valence-corrected chi connectivity index (χ2v) is 36.2. The molecule has 34 heteroatoms. The van der Waals surface area contributed by atoms with Gasteiger partial charge in [0.15, 0.2) is 11.6 Å². The molecule has 0 aromatic heterocycles. The van der Waals surface area contributed by atoms with Crippen LogP contribution in [0.4, 0.5) is 61.3 Å². The van der Waals surface area contributed by atoms with Crippen LogP contribution in [0, 0.1) is 11.7 Å². The van der Waals surface area contributed by atoms with Crippen LogP contribution in [0.25, 0.3) is 0 Å². The van der Waals surface area contributed by atoms with Gasteiger partial charge in [-0.25, -0.2) is 4.39 Å². The first-order valence-electron chi connectivity index (χ1n) is 48.8. The van der Waals surface area contributed by atoms with Gasteiger partial charge >= 0.3 is 0 Å². The fourth-order valence-corrected chi connectivity index (χ4v) is 17.0. The zero-order valence-electron chi connectivity index (χ0n) is 83.9. The molecule has 10 N–H and O–H groups in total. The molecule has 6 amide bonds. The third kappa shape index (κ3) is 35.4. The summed E-state index contributed by atoms with van der Waals surface area (Å²) >= 11 is 0. The highest BCUT2D eigenvalue weighted by molar-refractivity contribution is 6.07. The van der Waals surface area contributed by atoms with Gasteiger partial charge in [0.25, 0.3) is 29.5 Å². The summed E-state index contributed by atoms with van der Waals surface area (Å²) in [6.45, 7) is 27.4. The van der Waals surface area contributed by atoms with Crippen LogP contribution in [0.1, 0.15) is 134 Å². The molecule has 16 rings (SSSR count). The number of carbonyl (C=O) groups excluding carboxylic acids is 8. The zero-order valence-corrected chi connectivity index (χ0v) is 83.9. The van der Waals surface area contributed by atoms with Gasteiger partial charge in [0, 0.05) is 228 Å². The van der Waals surface area contributed by atoms with Crippen LogP contribution in [0.15, 0.2) is 218 Å². The first-order chi connectivity index (χ1) is 69.6. The second-order valence-electron chi connectivity index (χ2n) is 36.2. The van der Waals surface area contributed by atoms with Crippen LogP contribution in [0.3, 0.4) is 0 Å². The molecule has 0 radical (unpaired) electrons. The van der Waals surface area contributed by atoms with E-state index in [2.05, 4.69) is 106 Å². The van der Waals surface area contributed by atoms with Crippen molar-refractivity contribution in [1.29, 1.82) is 0 Å². The van der Waals surface area contributed by atoms with Crippen molar-refractivity contribution in [2.45, 2.75) is 92.3 Å². The summed E-state index contributed by atoms with van der Waals surface area (Å²) in [6, 6.07) is 66.1. The predicted octanol–water partition coefficient (Wildman–Crippen LogP) is 9.95. The van der Waals surface area contributed by atoms with Gasteiger partial charge in [-0.1, -0.05) is 25.1 Å². The molecule has 0 bridgehead atoms. The van der Waals surface area contributed by atoms with E-state index in [9.17, 15) is 53.6 Å². The number of amides is 6. The Morgan fingerprint density at radius 3 is 1.15 bits per heavy atom. The predicted molar refractivity (Wildman–Crippen MR) is 558 cm³/mol. The first-order valence-corrected chi connectivity index (χ1v) is 48.8. The minimum Gasteiger partial charge on any atom is -0.554 e. The number of aliphatic hydroxyl groups excluding tert-OH is 4. The number of likely N-dealkylation sites (N-methyl/N-ethyl adjacent to an activating group) is 3. The van der Waals surface area contributed by atoms with Crippen molar-refractivity contribution in [2.75, 3.05) is 230 Å². The normalized spacial score (nSPS) is 15.0. The summed E-state index contributed by atoms with van der Waals surface area (Å²) in [5, 5.41) is 68.5. The number of aliphatic hydroxyl groups is 4. The maximum Gasteiger partial charge on any atom is 0.255 e. The van der Waals surface area contributed by atoms with Crippen LogP contribution in [-0.2, 0) is 40.8 Å². The van der Waals surface area contributed by atoms with E-state index in [1.807, 2.05) is 140 Å². The fourth-order valence-electron chi connectivity index (χ4n) is 17.0. The van der Waals surface area contributed by atoms with E-state index in [1.165, 1.54) is 87.4 Å². The van der Waals surface area contributed by atoms with Crippen molar-refractivity contribution < 1.29 is 97.2 Å².